The highest BCUT2D eigenvalue weighted by Crippen LogP contribution is 2.29. The van der Waals surface area contributed by atoms with Crippen molar-refractivity contribution < 1.29 is 4.74 Å². The van der Waals surface area contributed by atoms with Crippen LogP contribution in [0.25, 0.3) is 11.4 Å². The van der Waals surface area contributed by atoms with Gasteiger partial charge in [0.25, 0.3) is 0 Å². The van der Waals surface area contributed by atoms with Crippen LogP contribution in [0.2, 0.25) is 0 Å². The highest BCUT2D eigenvalue weighted by atomic mass is 32.2. The highest BCUT2D eigenvalue weighted by molar-refractivity contribution is 7.99. The van der Waals surface area contributed by atoms with Crippen molar-refractivity contribution in [3.63, 3.8) is 0 Å². The van der Waals surface area contributed by atoms with Gasteiger partial charge in [-0.3, -0.25) is 0 Å². The molecule has 2 aromatic carbocycles. The molecule has 0 fully saturated rings. The topological polar surface area (TPSA) is 96.4 Å². The number of tetrazole rings is 2. The lowest BCUT2D eigenvalue weighted by atomic mass is 10.3. The second kappa shape index (κ2) is 6.69. The van der Waals surface area contributed by atoms with E-state index in [2.05, 4.69) is 31.1 Å². The highest BCUT2D eigenvalue weighted by Gasteiger charge is 2.18. The summed E-state index contributed by atoms with van der Waals surface area (Å²) in [6.07, 6.45) is 0. The number of ether oxygens (including phenoxy) is 1. The van der Waals surface area contributed by atoms with E-state index in [4.69, 9.17) is 4.74 Å². The normalized spacial score (nSPS) is 10.8. The van der Waals surface area contributed by atoms with E-state index in [0.717, 1.165) is 11.4 Å². The van der Waals surface area contributed by atoms with Crippen molar-refractivity contribution in [3.8, 4) is 17.1 Å². The summed E-state index contributed by atoms with van der Waals surface area (Å²) in [6, 6.07) is 17.1. The lowest BCUT2D eigenvalue weighted by Gasteiger charge is -2.08. The Labute approximate surface area is 146 Å². The first-order valence-corrected chi connectivity index (χ1v) is 8.12. The number of nitrogens with zero attached hydrogens (tertiary/aromatic N) is 8. The molecule has 0 aliphatic rings. The Bertz CT molecular complexity index is 984. The fraction of sp³-hybridized carbons (Fsp3) is 0.0667. The molecule has 0 saturated heterocycles. The second-order valence-corrected chi connectivity index (χ2v) is 5.79. The van der Waals surface area contributed by atoms with Gasteiger partial charge in [-0.1, -0.05) is 30.3 Å². The van der Waals surface area contributed by atoms with Gasteiger partial charge in [0.2, 0.25) is 10.3 Å². The molecule has 0 spiro atoms. The molecule has 2 aromatic heterocycles. The maximum Gasteiger partial charge on any atom is 0.222 e. The molecule has 25 heavy (non-hydrogen) atoms. The molecule has 2 heterocycles. The first-order chi connectivity index (χ1) is 12.4. The van der Waals surface area contributed by atoms with E-state index in [9.17, 15) is 0 Å². The molecule has 4 aromatic rings. The predicted molar refractivity (Wildman–Crippen MR) is 89.0 cm³/mol. The number of para-hydroxylation sites is 3. The molecule has 4 rings (SSSR count). The van der Waals surface area contributed by atoms with Crippen LogP contribution >= 0.6 is 11.8 Å². The Hall–Kier alpha value is -3.27. The van der Waals surface area contributed by atoms with Gasteiger partial charge in [-0.05, 0) is 56.9 Å². The van der Waals surface area contributed by atoms with Gasteiger partial charge in [-0.2, -0.15) is 9.36 Å². The third-order valence-corrected chi connectivity index (χ3v) is 4.25. The standard InChI is InChI=1S/C15H12N8OS/c1-24-13-10-6-5-9-12(13)23-15(17-19-21-23)25-14-16-18-20-22(14)11-7-3-2-4-8-11/h2-10H,1H3. The van der Waals surface area contributed by atoms with Gasteiger partial charge in [0.15, 0.2) is 0 Å². The smallest absolute Gasteiger partial charge is 0.222 e. The summed E-state index contributed by atoms with van der Waals surface area (Å²) in [7, 11) is 1.60. The van der Waals surface area contributed by atoms with Crippen LogP contribution in [-0.4, -0.2) is 47.5 Å². The summed E-state index contributed by atoms with van der Waals surface area (Å²) in [5.41, 5.74) is 1.59. The van der Waals surface area contributed by atoms with E-state index in [0.29, 0.717) is 16.1 Å². The number of methoxy groups -OCH3 is 1. The summed E-state index contributed by atoms with van der Waals surface area (Å²) in [6.45, 7) is 0. The summed E-state index contributed by atoms with van der Waals surface area (Å²) in [4.78, 5) is 0. The third-order valence-electron chi connectivity index (χ3n) is 3.38. The molecule has 0 aliphatic carbocycles. The van der Waals surface area contributed by atoms with Crippen LogP contribution in [0.1, 0.15) is 0 Å². The molecule has 0 unspecified atom stereocenters. The fourth-order valence-electron chi connectivity index (χ4n) is 2.25. The van der Waals surface area contributed by atoms with Crippen LogP contribution in [0.15, 0.2) is 64.9 Å². The molecule has 0 radical (unpaired) electrons. The average Bonchev–Trinajstić information content (AvgIpc) is 3.32. The van der Waals surface area contributed by atoms with Gasteiger partial charge in [-0.15, -0.1) is 10.2 Å². The van der Waals surface area contributed by atoms with E-state index in [1.54, 1.807) is 16.5 Å². The maximum absolute atomic E-state index is 5.38. The quantitative estimate of drug-likeness (QED) is 0.536. The molecule has 0 saturated carbocycles. The van der Waals surface area contributed by atoms with Crippen LogP contribution < -0.4 is 4.74 Å². The van der Waals surface area contributed by atoms with Crippen LogP contribution in [0, 0.1) is 0 Å². The summed E-state index contributed by atoms with van der Waals surface area (Å²) in [5, 5.41) is 24.8. The van der Waals surface area contributed by atoms with Gasteiger partial charge in [0.1, 0.15) is 11.4 Å². The first-order valence-electron chi connectivity index (χ1n) is 7.30. The fourth-order valence-corrected chi connectivity index (χ4v) is 3.02. The predicted octanol–water partition coefficient (Wildman–Crippen LogP) is 1.80. The zero-order valence-corrected chi connectivity index (χ0v) is 13.9. The molecule has 124 valence electrons. The molecule has 9 nitrogen and oxygen atoms in total. The Balaban J connectivity index is 1.71. The maximum atomic E-state index is 5.38. The van der Waals surface area contributed by atoms with E-state index < -0.39 is 0 Å². The largest absolute Gasteiger partial charge is 0.494 e. The molecular formula is C15H12N8OS. The van der Waals surface area contributed by atoms with Crippen molar-refractivity contribution in [2.45, 2.75) is 10.3 Å². The summed E-state index contributed by atoms with van der Waals surface area (Å²) < 4.78 is 8.60. The Kier molecular flexibility index (Phi) is 4.09. The van der Waals surface area contributed by atoms with Gasteiger partial charge >= 0.3 is 0 Å². The van der Waals surface area contributed by atoms with Crippen molar-refractivity contribution in [3.05, 3.63) is 54.6 Å². The molecule has 10 heteroatoms. The van der Waals surface area contributed by atoms with Crippen LogP contribution in [0.4, 0.5) is 0 Å². The monoisotopic (exact) mass is 352 g/mol. The molecule has 0 bridgehead atoms. The van der Waals surface area contributed by atoms with Crippen LogP contribution in [0.5, 0.6) is 5.75 Å². The van der Waals surface area contributed by atoms with Crippen molar-refractivity contribution in [1.82, 2.24) is 40.4 Å². The van der Waals surface area contributed by atoms with Crippen molar-refractivity contribution in [2.24, 2.45) is 0 Å². The molecule has 0 amide bonds. The number of hydrogen-bond acceptors (Lipinski definition) is 8. The number of hydrogen-bond donors (Lipinski definition) is 0. The number of benzene rings is 2. The third kappa shape index (κ3) is 2.94. The average molecular weight is 352 g/mol. The minimum atomic E-state index is 0.525. The van der Waals surface area contributed by atoms with E-state index in [-0.39, 0.29) is 0 Å². The van der Waals surface area contributed by atoms with Gasteiger partial charge in [0.05, 0.1) is 12.8 Å². The summed E-state index contributed by atoms with van der Waals surface area (Å²) >= 11 is 1.26. The zero-order valence-electron chi connectivity index (χ0n) is 13.1. The van der Waals surface area contributed by atoms with Crippen LogP contribution in [-0.2, 0) is 0 Å². The van der Waals surface area contributed by atoms with Crippen LogP contribution in [0.3, 0.4) is 0 Å². The number of aromatic nitrogens is 8. The van der Waals surface area contributed by atoms with Gasteiger partial charge in [-0.25, -0.2) is 0 Å². The van der Waals surface area contributed by atoms with Crippen molar-refractivity contribution >= 4 is 11.8 Å². The van der Waals surface area contributed by atoms with Gasteiger partial charge in [0, 0.05) is 0 Å². The molecule has 0 aliphatic heterocycles. The Morgan fingerprint density at radius 3 is 2.20 bits per heavy atom. The lowest BCUT2D eigenvalue weighted by Crippen LogP contribution is -2.03. The molecule has 0 atom stereocenters. The minimum absolute atomic E-state index is 0.525. The zero-order chi connectivity index (χ0) is 17.1. The Morgan fingerprint density at radius 1 is 0.800 bits per heavy atom. The minimum Gasteiger partial charge on any atom is -0.494 e. The number of rotatable bonds is 5. The molecular weight excluding hydrogens is 340 g/mol. The first kappa shape index (κ1) is 15.3. The van der Waals surface area contributed by atoms with E-state index in [1.807, 2.05) is 54.6 Å². The van der Waals surface area contributed by atoms with Crippen molar-refractivity contribution in [1.29, 1.82) is 0 Å². The molecule has 0 N–H and O–H groups in total. The van der Waals surface area contributed by atoms with Crippen molar-refractivity contribution in [2.75, 3.05) is 7.11 Å². The van der Waals surface area contributed by atoms with Gasteiger partial charge < -0.3 is 4.74 Å². The Morgan fingerprint density at radius 2 is 1.44 bits per heavy atom. The second-order valence-electron chi connectivity index (χ2n) is 4.86. The van der Waals surface area contributed by atoms with E-state index in [1.165, 1.54) is 11.8 Å². The lowest BCUT2D eigenvalue weighted by molar-refractivity contribution is 0.410. The SMILES string of the molecule is COc1ccccc1-n1nnnc1Sc1nnnn1-c1ccccc1. The van der Waals surface area contributed by atoms with E-state index >= 15 is 0 Å². The summed E-state index contributed by atoms with van der Waals surface area (Å²) in [5.74, 6) is 0.666.